The van der Waals surface area contributed by atoms with Crippen LogP contribution in [0.2, 0.25) is 0 Å². The molecule has 0 aliphatic heterocycles. The van der Waals surface area contributed by atoms with Gasteiger partial charge < -0.3 is 10.7 Å². The predicted octanol–water partition coefficient (Wildman–Crippen LogP) is 2.56. The Morgan fingerprint density at radius 3 is 2.90 bits per heavy atom. The molecule has 1 fully saturated rings. The second kappa shape index (κ2) is 4.81. The van der Waals surface area contributed by atoms with Gasteiger partial charge in [-0.2, -0.15) is 17.6 Å². The molecule has 0 saturated heterocycles. The molecule has 4 unspecified atom stereocenters. The van der Waals surface area contributed by atoms with E-state index in [-0.39, 0.29) is 0 Å². The average Bonchev–Trinajstić information content (AvgIpc) is 3.16. The van der Waals surface area contributed by atoms with Crippen LogP contribution in [0.15, 0.2) is 23.0 Å². The van der Waals surface area contributed by atoms with Crippen LogP contribution in [0.4, 0.5) is 5.82 Å². The Morgan fingerprint density at radius 2 is 2.20 bits per heavy atom. The fourth-order valence-electron chi connectivity index (χ4n) is 3.09. The van der Waals surface area contributed by atoms with Crippen molar-refractivity contribution in [2.75, 3.05) is 5.73 Å². The highest BCUT2D eigenvalue weighted by Crippen LogP contribution is 2.54. The van der Waals surface area contributed by atoms with Crippen LogP contribution in [0.3, 0.4) is 0 Å². The third-order valence-electron chi connectivity index (χ3n) is 4.49. The van der Waals surface area contributed by atoms with Gasteiger partial charge in [-0.1, -0.05) is 26.0 Å². The lowest BCUT2D eigenvalue weighted by atomic mass is 9.96. The Labute approximate surface area is 123 Å². The van der Waals surface area contributed by atoms with Crippen molar-refractivity contribution in [2.24, 2.45) is 11.8 Å². The van der Waals surface area contributed by atoms with Crippen LogP contribution < -0.4 is 11.4 Å². The summed E-state index contributed by atoms with van der Waals surface area (Å²) in [5, 5.41) is 1.29. The molecule has 1 aliphatic carbocycles. The van der Waals surface area contributed by atoms with Gasteiger partial charge in [-0.15, -0.1) is 0 Å². The van der Waals surface area contributed by atoms with Gasteiger partial charge in [-0.05, 0) is 35.8 Å². The lowest BCUT2D eigenvalue weighted by Crippen LogP contribution is -2.14. The van der Waals surface area contributed by atoms with Crippen molar-refractivity contribution >= 4 is 29.3 Å². The van der Waals surface area contributed by atoms with Gasteiger partial charge in [0.15, 0.2) is 0 Å². The fraction of sp³-hybridized carbons (Fsp3) is 0.467. The molecule has 0 bridgehead atoms. The number of nitrogen functional groups attached to an aromatic ring is 1. The molecular weight excluding hydrogens is 270 g/mol. The summed E-state index contributed by atoms with van der Waals surface area (Å²) in [5.41, 5.74) is 7.55. The normalized spacial score (nSPS) is 24.6. The van der Waals surface area contributed by atoms with Crippen molar-refractivity contribution in [3.8, 4) is 0 Å². The van der Waals surface area contributed by atoms with Crippen LogP contribution in [0.1, 0.15) is 31.7 Å². The molecule has 1 aliphatic rings. The smallest absolute Gasteiger partial charge is 0.347 e. The van der Waals surface area contributed by atoms with Gasteiger partial charge >= 0.3 is 5.69 Å². The van der Waals surface area contributed by atoms with Gasteiger partial charge in [0.05, 0.1) is 5.52 Å². The van der Waals surface area contributed by atoms with Crippen molar-refractivity contribution < 1.29 is 0 Å². The zero-order valence-corrected chi connectivity index (χ0v) is 12.5. The first kappa shape index (κ1) is 13.5. The quantitative estimate of drug-likeness (QED) is 0.760. The average molecular weight is 289 g/mol. The molecule has 3 rings (SSSR count). The molecular formula is C15H19N3OS. The van der Waals surface area contributed by atoms with E-state index < -0.39 is 5.69 Å². The zero-order chi connectivity index (χ0) is 14.4. The highest BCUT2D eigenvalue weighted by molar-refractivity contribution is 7.80. The molecule has 106 valence electrons. The third kappa shape index (κ3) is 2.20. The van der Waals surface area contributed by atoms with Gasteiger partial charge in [-0.3, -0.25) is 0 Å². The van der Waals surface area contributed by atoms with Gasteiger partial charge in [0.25, 0.3) is 0 Å². The Hall–Kier alpha value is -1.49. The predicted molar refractivity (Wildman–Crippen MR) is 85.2 cm³/mol. The number of rotatable bonds is 3. The minimum Gasteiger partial charge on any atom is -0.383 e. The Morgan fingerprint density at radius 1 is 1.45 bits per heavy atom. The van der Waals surface area contributed by atoms with Crippen molar-refractivity contribution in [1.82, 2.24) is 9.97 Å². The van der Waals surface area contributed by atoms with Crippen molar-refractivity contribution in [3.63, 3.8) is 0 Å². The summed E-state index contributed by atoms with van der Waals surface area (Å²) in [5.74, 6) is 2.03. The first-order valence-corrected chi connectivity index (χ1v) is 7.47. The summed E-state index contributed by atoms with van der Waals surface area (Å²) in [6, 6.07) is 5.94. The molecule has 4 nitrogen and oxygen atoms in total. The SMILES string of the molecule is CC(S)C(C)C1CC1c1cccc2[nH]c(=O)nc(N)c12. The zero-order valence-electron chi connectivity index (χ0n) is 11.6. The van der Waals surface area contributed by atoms with Crippen molar-refractivity contribution in [1.29, 1.82) is 0 Å². The van der Waals surface area contributed by atoms with Crippen LogP contribution in [0.25, 0.3) is 10.9 Å². The van der Waals surface area contributed by atoms with Gasteiger partial charge in [0, 0.05) is 10.6 Å². The maximum absolute atomic E-state index is 11.4. The lowest BCUT2D eigenvalue weighted by Gasteiger charge is -2.15. The van der Waals surface area contributed by atoms with Crippen LogP contribution in [0, 0.1) is 11.8 Å². The highest BCUT2D eigenvalue weighted by Gasteiger charge is 2.43. The third-order valence-corrected chi connectivity index (χ3v) is 4.96. The van der Waals surface area contributed by atoms with Crippen LogP contribution in [-0.4, -0.2) is 15.2 Å². The number of nitrogens with one attached hydrogen (secondary N) is 1. The number of fused-ring (bicyclic) bond motifs is 1. The molecule has 0 amide bonds. The standard InChI is InChI=1S/C15H19N3OS/c1-7(8(2)20)10-6-11(10)9-4-3-5-12-13(9)14(16)18-15(19)17-12/h3-5,7-8,10-11,20H,6H2,1-2H3,(H3,16,17,18,19). The van der Waals surface area contributed by atoms with Crippen LogP contribution >= 0.6 is 12.6 Å². The fourth-order valence-corrected chi connectivity index (χ4v) is 3.31. The molecule has 3 N–H and O–H groups in total. The van der Waals surface area contributed by atoms with Crippen molar-refractivity contribution in [3.05, 3.63) is 34.2 Å². The second-order valence-corrected chi connectivity index (χ2v) is 6.62. The second-order valence-electron chi connectivity index (χ2n) is 5.80. The summed E-state index contributed by atoms with van der Waals surface area (Å²) in [4.78, 5) is 18.0. The van der Waals surface area contributed by atoms with E-state index in [1.165, 1.54) is 5.56 Å². The molecule has 2 aromatic rings. The number of H-pyrrole nitrogens is 1. The minimum absolute atomic E-state index is 0.330. The molecule has 1 aromatic carbocycles. The number of aromatic amines is 1. The first-order chi connectivity index (χ1) is 9.49. The maximum atomic E-state index is 11.4. The molecule has 1 heterocycles. The Bertz CT molecular complexity index is 710. The molecule has 4 atom stereocenters. The highest BCUT2D eigenvalue weighted by atomic mass is 32.1. The summed E-state index contributed by atoms with van der Waals surface area (Å²) >= 11 is 4.55. The van der Waals surface area contributed by atoms with E-state index in [2.05, 4.69) is 42.5 Å². The number of nitrogens with two attached hydrogens (primary N) is 1. The van der Waals surface area contributed by atoms with Crippen molar-refractivity contribution in [2.45, 2.75) is 31.4 Å². The van der Waals surface area contributed by atoms with Gasteiger partial charge in [0.2, 0.25) is 0 Å². The van der Waals surface area contributed by atoms with E-state index in [9.17, 15) is 4.79 Å². The van der Waals surface area contributed by atoms with E-state index >= 15 is 0 Å². The van der Waals surface area contributed by atoms with Gasteiger partial charge in [0.1, 0.15) is 5.82 Å². The monoisotopic (exact) mass is 289 g/mol. The number of aromatic nitrogens is 2. The minimum atomic E-state index is -0.392. The largest absolute Gasteiger partial charge is 0.383 e. The molecule has 1 aromatic heterocycles. The summed E-state index contributed by atoms with van der Waals surface area (Å²) in [7, 11) is 0. The Balaban J connectivity index is 2.04. The molecule has 1 saturated carbocycles. The van der Waals surface area contributed by atoms with E-state index in [1.54, 1.807) is 0 Å². The Kier molecular flexibility index (Phi) is 3.24. The molecule has 20 heavy (non-hydrogen) atoms. The molecule has 5 heteroatoms. The summed E-state index contributed by atoms with van der Waals surface area (Å²) < 4.78 is 0. The topological polar surface area (TPSA) is 71.8 Å². The van der Waals surface area contributed by atoms with E-state index in [4.69, 9.17) is 5.73 Å². The number of hydrogen-bond donors (Lipinski definition) is 3. The van der Waals surface area contributed by atoms with E-state index in [0.29, 0.717) is 28.8 Å². The summed E-state index contributed by atoms with van der Waals surface area (Å²) in [6.45, 7) is 4.39. The number of hydrogen-bond acceptors (Lipinski definition) is 4. The van der Waals surface area contributed by atoms with E-state index in [0.717, 1.165) is 17.3 Å². The molecule has 0 radical (unpaired) electrons. The maximum Gasteiger partial charge on any atom is 0.347 e. The first-order valence-electron chi connectivity index (χ1n) is 6.95. The number of anilines is 1. The number of nitrogens with zero attached hydrogens (tertiary/aromatic N) is 1. The number of benzene rings is 1. The van der Waals surface area contributed by atoms with Crippen LogP contribution in [-0.2, 0) is 0 Å². The summed E-state index contributed by atoms with van der Waals surface area (Å²) in [6.07, 6.45) is 1.16. The number of thiol groups is 1. The van der Waals surface area contributed by atoms with E-state index in [1.807, 2.05) is 12.1 Å². The lowest BCUT2D eigenvalue weighted by molar-refractivity contribution is 0.496. The van der Waals surface area contributed by atoms with Crippen LogP contribution in [0.5, 0.6) is 0 Å². The van der Waals surface area contributed by atoms with Gasteiger partial charge in [-0.25, -0.2) is 4.79 Å². The molecule has 0 spiro atoms.